The number of rotatable bonds is 7. The Labute approximate surface area is 159 Å². The molecule has 0 radical (unpaired) electrons. The number of hydrogen-bond donors (Lipinski definition) is 0. The van der Waals surface area contributed by atoms with E-state index in [9.17, 15) is 4.79 Å². The normalized spacial score (nSPS) is 10.6. The second kappa shape index (κ2) is 8.54. The second-order valence-electron chi connectivity index (χ2n) is 6.15. The number of aromatic nitrogens is 1. The fraction of sp³-hybridized carbons (Fsp3) is 0.273. The fourth-order valence-corrected chi connectivity index (χ4v) is 3.19. The van der Waals surface area contributed by atoms with E-state index in [1.54, 1.807) is 14.2 Å². The summed E-state index contributed by atoms with van der Waals surface area (Å²) in [4.78, 5) is 12.1. The summed E-state index contributed by atoms with van der Waals surface area (Å²) in [6, 6.07) is 16.1. The van der Waals surface area contributed by atoms with Crippen LogP contribution in [-0.4, -0.2) is 26.8 Å². The third-order valence-corrected chi connectivity index (χ3v) is 4.48. The van der Waals surface area contributed by atoms with Crippen molar-refractivity contribution in [3.63, 3.8) is 0 Å². The van der Waals surface area contributed by atoms with E-state index in [1.165, 1.54) is 0 Å². The van der Waals surface area contributed by atoms with E-state index >= 15 is 0 Å². The highest BCUT2D eigenvalue weighted by Gasteiger charge is 2.20. The van der Waals surface area contributed by atoms with Crippen LogP contribution in [0.3, 0.4) is 0 Å². The Kier molecular flexibility index (Phi) is 5.91. The highest BCUT2D eigenvalue weighted by molar-refractivity contribution is 5.83. The lowest BCUT2D eigenvalue weighted by Crippen LogP contribution is -2.42. The van der Waals surface area contributed by atoms with Crippen molar-refractivity contribution in [2.45, 2.75) is 19.9 Å². The summed E-state index contributed by atoms with van der Waals surface area (Å²) in [5.41, 5.74) is 2.12. The third-order valence-electron chi connectivity index (χ3n) is 4.48. The SMILES string of the molecule is CCOC(=O)C[n+]1ccc2ccccc2c1Cc1ccc(OC)c(OC)c1. The van der Waals surface area contributed by atoms with Crippen LogP contribution in [0.5, 0.6) is 11.5 Å². The van der Waals surface area contributed by atoms with Crippen molar-refractivity contribution in [2.75, 3.05) is 20.8 Å². The Bertz CT molecular complexity index is 952. The maximum absolute atomic E-state index is 12.1. The molecule has 0 aliphatic rings. The minimum absolute atomic E-state index is 0.182. The van der Waals surface area contributed by atoms with E-state index in [1.807, 2.05) is 54.1 Å². The highest BCUT2D eigenvalue weighted by Crippen LogP contribution is 2.29. The van der Waals surface area contributed by atoms with Crippen LogP contribution in [0, 0.1) is 0 Å². The van der Waals surface area contributed by atoms with E-state index in [0.29, 0.717) is 24.5 Å². The van der Waals surface area contributed by atoms with Crippen LogP contribution in [0.4, 0.5) is 0 Å². The zero-order chi connectivity index (χ0) is 19.2. The van der Waals surface area contributed by atoms with Crippen molar-refractivity contribution in [3.05, 3.63) is 66.0 Å². The number of carbonyl (C=O) groups is 1. The van der Waals surface area contributed by atoms with Crippen LogP contribution in [0.25, 0.3) is 10.8 Å². The Hall–Kier alpha value is -3.08. The molecule has 5 heteroatoms. The van der Waals surface area contributed by atoms with E-state index < -0.39 is 0 Å². The molecule has 27 heavy (non-hydrogen) atoms. The molecule has 1 heterocycles. The molecule has 0 amide bonds. The van der Waals surface area contributed by atoms with Gasteiger partial charge in [0.1, 0.15) is 0 Å². The van der Waals surface area contributed by atoms with Crippen LogP contribution < -0.4 is 14.0 Å². The first kappa shape index (κ1) is 18.7. The average Bonchev–Trinajstić information content (AvgIpc) is 2.69. The minimum Gasteiger partial charge on any atom is -0.493 e. The predicted molar refractivity (Wildman–Crippen MR) is 103 cm³/mol. The lowest BCUT2D eigenvalue weighted by Gasteiger charge is -2.11. The average molecular weight is 366 g/mol. The number of esters is 1. The lowest BCUT2D eigenvalue weighted by molar-refractivity contribution is -0.691. The second-order valence-corrected chi connectivity index (χ2v) is 6.15. The van der Waals surface area contributed by atoms with Crippen molar-refractivity contribution < 1.29 is 23.6 Å². The van der Waals surface area contributed by atoms with Gasteiger partial charge in [-0.3, -0.25) is 0 Å². The Morgan fingerprint density at radius 2 is 1.78 bits per heavy atom. The summed E-state index contributed by atoms with van der Waals surface area (Å²) in [6.07, 6.45) is 2.59. The first-order valence-electron chi connectivity index (χ1n) is 8.92. The number of benzene rings is 2. The molecule has 0 aliphatic carbocycles. The fourth-order valence-electron chi connectivity index (χ4n) is 3.19. The number of ether oxygens (including phenoxy) is 3. The maximum Gasteiger partial charge on any atom is 0.372 e. The lowest BCUT2D eigenvalue weighted by atomic mass is 10.0. The summed E-state index contributed by atoms with van der Waals surface area (Å²) in [7, 11) is 3.25. The van der Waals surface area contributed by atoms with Gasteiger partial charge in [-0.25, -0.2) is 4.79 Å². The van der Waals surface area contributed by atoms with Gasteiger partial charge in [-0.1, -0.05) is 24.3 Å². The molecule has 0 aliphatic heterocycles. The molecule has 0 spiro atoms. The molecule has 0 fully saturated rings. The van der Waals surface area contributed by atoms with Gasteiger partial charge in [0.2, 0.25) is 6.54 Å². The topological polar surface area (TPSA) is 48.6 Å². The molecule has 5 nitrogen and oxygen atoms in total. The number of pyridine rings is 1. The van der Waals surface area contributed by atoms with Gasteiger partial charge in [-0.15, -0.1) is 0 Å². The van der Waals surface area contributed by atoms with Gasteiger partial charge in [-0.05, 0) is 36.1 Å². The number of fused-ring (bicyclic) bond motifs is 1. The zero-order valence-electron chi connectivity index (χ0n) is 15.9. The molecule has 140 valence electrons. The Balaban J connectivity index is 2.04. The van der Waals surface area contributed by atoms with Crippen LogP contribution in [0.15, 0.2) is 54.7 Å². The predicted octanol–water partition coefficient (Wildman–Crippen LogP) is 3.30. The van der Waals surface area contributed by atoms with Crippen LogP contribution in [-0.2, 0) is 22.5 Å². The van der Waals surface area contributed by atoms with Gasteiger partial charge in [0.05, 0.1) is 27.2 Å². The van der Waals surface area contributed by atoms with Gasteiger partial charge >= 0.3 is 5.97 Å². The summed E-state index contributed by atoms with van der Waals surface area (Å²) in [6.45, 7) is 2.37. The molecular weight excluding hydrogens is 342 g/mol. The molecule has 2 aromatic carbocycles. The molecule has 0 saturated carbocycles. The Morgan fingerprint density at radius 3 is 2.52 bits per heavy atom. The van der Waals surface area contributed by atoms with Crippen LogP contribution >= 0.6 is 0 Å². The van der Waals surface area contributed by atoms with Crippen molar-refractivity contribution in [1.29, 1.82) is 0 Å². The number of hydrogen-bond acceptors (Lipinski definition) is 4. The summed E-state index contributed by atoms with van der Waals surface area (Å²) in [5.74, 6) is 1.14. The molecule has 3 rings (SSSR count). The van der Waals surface area contributed by atoms with E-state index in [2.05, 4.69) is 12.1 Å². The van der Waals surface area contributed by atoms with E-state index in [-0.39, 0.29) is 12.5 Å². The van der Waals surface area contributed by atoms with E-state index in [0.717, 1.165) is 22.0 Å². The summed E-state index contributed by atoms with van der Waals surface area (Å²) >= 11 is 0. The molecule has 1 aromatic heterocycles. The van der Waals surface area contributed by atoms with Crippen molar-refractivity contribution >= 4 is 16.7 Å². The van der Waals surface area contributed by atoms with Crippen LogP contribution in [0.1, 0.15) is 18.2 Å². The highest BCUT2D eigenvalue weighted by atomic mass is 16.5. The first-order valence-corrected chi connectivity index (χ1v) is 8.92. The van der Waals surface area contributed by atoms with E-state index in [4.69, 9.17) is 14.2 Å². The number of nitrogens with zero attached hydrogens (tertiary/aromatic N) is 1. The minimum atomic E-state index is -0.244. The molecule has 0 bridgehead atoms. The number of carbonyl (C=O) groups excluding carboxylic acids is 1. The monoisotopic (exact) mass is 366 g/mol. The Morgan fingerprint density at radius 1 is 1.00 bits per heavy atom. The van der Waals surface area contributed by atoms with Crippen molar-refractivity contribution in [2.24, 2.45) is 0 Å². The molecule has 0 saturated heterocycles. The summed E-state index contributed by atoms with van der Waals surface area (Å²) in [5, 5.41) is 2.24. The quantitative estimate of drug-likeness (QED) is 0.476. The largest absolute Gasteiger partial charge is 0.493 e. The first-order chi connectivity index (χ1) is 13.2. The van der Waals surface area contributed by atoms with Gasteiger partial charge in [0.15, 0.2) is 23.4 Å². The molecule has 3 aromatic rings. The van der Waals surface area contributed by atoms with Crippen molar-refractivity contribution in [3.8, 4) is 11.5 Å². The van der Waals surface area contributed by atoms with Crippen LogP contribution in [0.2, 0.25) is 0 Å². The number of methoxy groups -OCH3 is 2. The van der Waals surface area contributed by atoms with Gasteiger partial charge in [0.25, 0.3) is 0 Å². The third kappa shape index (κ3) is 4.19. The van der Waals surface area contributed by atoms with Gasteiger partial charge < -0.3 is 14.2 Å². The maximum atomic E-state index is 12.1. The van der Waals surface area contributed by atoms with Gasteiger partial charge in [0, 0.05) is 11.5 Å². The van der Waals surface area contributed by atoms with Crippen molar-refractivity contribution in [1.82, 2.24) is 0 Å². The zero-order valence-corrected chi connectivity index (χ0v) is 15.9. The standard InChI is InChI=1S/C22H24NO4/c1-4-27-22(24)15-23-12-11-17-7-5-6-8-18(17)19(23)13-16-9-10-20(25-2)21(14-16)26-3/h5-12,14H,4,13,15H2,1-3H3/q+1. The molecule has 0 atom stereocenters. The molecule has 0 unspecified atom stereocenters. The molecule has 0 N–H and O–H groups in total. The smallest absolute Gasteiger partial charge is 0.372 e. The van der Waals surface area contributed by atoms with Gasteiger partial charge in [-0.2, -0.15) is 4.57 Å². The summed E-state index contributed by atoms with van der Waals surface area (Å²) < 4.78 is 17.8. The molecular formula is C22H24NO4+.